The Morgan fingerprint density at radius 3 is 2.65 bits per heavy atom. The van der Waals surface area contributed by atoms with Crippen LogP contribution in [0.3, 0.4) is 0 Å². The van der Waals surface area contributed by atoms with E-state index >= 15 is 4.39 Å². The molecule has 0 bridgehead atoms. The molecule has 3 fully saturated rings. The van der Waals surface area contributed by atoms with Crippen LogP contribution in [0.25, 0.3) is 32.9 Å². The number of terminal acetylenes is 1. The quantitative estimate of drug-likeness (QED) is 0.265. The zero-order chi connectivity index (χ0) is 32.4. The fourth-order valence-electron chi connectivity index (χ4n) is 7.26. The molecule has 2 aromatic heterocycles. The maximum absolute atomic E-state index is 16.7. The number of hydrogen-bond donors (Lipinski definition) is 2. The number of rotatable bonds is 7. The Kier molecular flexibility index (Phi) is 9.22. The number of anilines is 1. The number of fused-ring (bicyclic) bond motifs is 3. The third-order valence-corrected chi connectivity index (χ3v) is 9.30. The number of benzene rings is 2. The van der Waals surface area contributed by atoms with Crippen molar-refractivity contribution in [3.8, 4) is 35.4 Å². The summed E-state index contributed by atoms with van der Waals surface area (Å²) in [6, 6.07) is 5.68. The second kappa shape index (κ2) is 13.3. The predicted molar refractivity (Wildman–Crippen MR) is 175 cm³/mol. The van der Waals surface area contributed by atoms with Gasteiger partial charge in [0.15, 0.2) is 5.82 Å². The zero-order valence-corrected chi connectivity index (χ0v) is 26.6. The first-order valence-corrected chi connectivity index (χ1v) is 16.0. The maximum atomic E-state index is 16.7. The zero-order valence-electron chi connectivity index (χ0n) is 26.6. The van der Waals surface area contributed by atoms with Gasteiger partial charge in [0.1, 0.15) is 35.2 Å². The number of halogens is 2. The van der Waals surface area contributed by atoms with Gasteiger partial charge >= 0.3 is 6.01 Å². The number of piperazine rings is 1. The second-order valence-electron chi connectivity index (χ2n) is 11.9. The molecule has 0 radical (unpaired) electrons. The van der Waals surface area contributed by atoms with Crippen molar-refractivity contribution in [2.75, 3.05) is 57.9 Å². The molecule has 0 saturated carbocycles. The molecule has 3 saturated heterocycles. The van der Waals surface area contributed by atoms with Crippen LogP contribution in [0, 0.1) is 24.0 Å². The fraction of sp³-hybridized carbons (Fsp3) is 0.457. The van der Waals surface area contributed by atoms with E-state index in [9.17, 15) is 9.50 Å². The van der Waals surface area contributed by atoms with E-state index < -0.39 is 11.6 Å². The molecule has 46 heavy (non-hydrogen) atoms. The van der Waals surface area contributed by atoms with Crippen molar-refractivity contribution in [1.29, 1.82) is 0 Å². The Bertz CT molecular complexity index is 1780. The summed E-state index contributed by atoms with van der Waals surface area (Å²) in [5, 5.41) is 15.1. The van der Waals surface area contributed by atoms with E-state index in [-0.39, 0.29) is 51.1 Å². The molecule has 7 rings (SSSR count). The van der Waals surface area contributed by atoms with Gasteiger partial charge in [-0.25, -0.2) is 8.78 Å². The predicted octanol–water partition coefficient (Wildman–Crippen LogP) is 5.27. The van der Waals surface area contributed by atoms with Gasteiger partial charge in [-0.15, -0.1) is 6.42 Å². The molecular weight excluding hydrogens is 590 g/mol. The number of aromatic nitrogens is 3. The topological polar surface area (TPSA) is 95.9 Å². The van der Waals surface area contributed by atoms with Crippen molar-refractivity contribution < 1.29 is 23.4 Å². The van der Waals surface area contributed by atoms with Crippen molar-refractivity contribution >= 4 is 27.5 Å². The summed E-state index contributed by atoms with van der Waals surface area (Å²) in [5.74, 6) is 1.42. The molecular formula is C35H40F2N6O3. The molecule has 242 valence electrons. The average molecular weight is 631 g/mol. The van der Waals surface area contributed by atoms with Gasteiger partial charge in [0.2, 0.25) is 0 Å². The Labute approximate surface area is 267 Å². The molecule has 0 spiro atoms. The van der Waals surface area contributed by atoms with Gasteiger partial charge in [-0.1, -0.05) is 25.8 Å². The summed E-state index contributed by atoms with van der Waals surface area (Å²) in [4.78, 5) is 18.5. The lowest BCUT2D eigenvalue weighted by Gasteiger charge is -2.35. The Hall–Kier alpha value is -4.11. The standard InChI is InChI=1S/C33H34F2N6O3.C2H6/c1-3-23-26(34)7-6-20-14-22(42)15-24(27(20)23)29-28(35)30-25(16-37-29)31(40-13-10-36-21(17-40)18-43-2)39-32(38-30)44-19-33-8-4-11-41(33)12-5-9-33;1-2/h1,6-7,14-16,21,36,42H,4-5,8-13,17-19H2,2H3;1-2H3. The molecule has 0 aliphatic carbocycles. The van der Waals surface area contributed by atoms with Crippen LogP contribution in [0.4, 0.5) is 14.6 Å². The van der Waals surface area contributed by atoms with Gasteiger partial charge < -0.3 is 24.8 Å². The summed E-state index contributed by atoms with van der Waals surface area (Å²) < 4.78 is 43.2. The van der Waals surface area contributed by atoms with Crippen LogP contribution in [0.1, 0.15) is 45.1 Å². The Balaban J connectivity index is 0.00000182. The Morgan fingerprint density at radius 2 is 1.91 bits per heavy atom. The Morgan fingerprint density at radius 1 is 1.13 bits per heavy atom. The average Bonchev–Trinajstić information content (AvgIpc) is 3.66. The van der Waals surface area contributed by atoms with E-state index in [4.69, 9.17) is 20.9 Å². The highest BCUT2D eigenvalue weighted by molar-refractivity contribution is 6.03. The number of ether oxygens (including phenoxy) is 2. The second-order valence-corrected chi connectivity index (χ2v) is 11.9. The summed E-state index contributed by atoms with van der Waals surface area (Å²) in [7, 11) is 1.66. The summed E-state index contributed by atoms with van der Waals surface area (Å²) in [6.07, 6.45) is 11.5. The van der Waals surface area contributed by atoms with Gasteiger partial charge in [-0.3, -0.25) is 9.88 Å². The van der Waals surface area contributed by atoms with Gasteiger partial charge in [-0.2, -0.15) is 9.97 Å². The fourth-order valence-corrected chi connectivity index (χ4v) is 7.26. The summed E-state index contributed by atoms with van der Waals surface area (Å²) >= 11 is 0. The number of pyridine rings is 1. The highest BCUT2D eigenvalue weighted by Crippen LogP contribution is 2.41. The van der Waals surface area contributed by atoms with Crippen LogP contribution in [-0.4, -0.2) is 89.6 Å². The molecule has 9 nitrogen and oxygen atoms in total. The van der Waals surface area contributed by atoms with Gasteiger partial charge in [0.05, 0.1) is 23.1 Å². The van der Waals surface area contributed by atoms with Crippen LogP contribution >= 0.6 is 0 Å². The monoisotopic (exact) mass is 630 g/mol. The molecule has 2 N–H and O–H groups in total. The third-order valence-electron chi connectivity index (χ3n) is 9.30. The van der Waals surface area contributed by atoms with Gasteiger partial charge in [-0.05, 0) is 62.4 Å². The first-order chi connectivity index (χ1) is 22.4. The van der Waals surface area contributed by atoms with Gasteiger partial charge in [0, 0.05) is 49.9 Å². The highest BCUT2D eigenvalue weighted by Gasteiger charge is 2.45. The van der Waals surface area contributed by atoms with E-state index in [0.717, 1.165) is 38.8 Å². The molecule has 4 aromatic rings. The van der Waals surface area contributed by atoms with E-state index in [1.54, 1.807) is 7.11 Å². The molecule has 1 atom stereocenters. The summed E-state index contributed by atoms with van der Waals surface area (Å²) in [5.41, 5.74) is 0.00969. The normalized spacial score (nSPS) is 19.1. The molecule has 1 unspecified atom stereocenters. The van der Waals surface area contributed by atoms with E-state index in [0.29, 0.717) is 49.4 Å². The van der Waals surface area contributed by atoms with E-state index in [1.165, 1.54) is 30.5 Å². The van der Waals surface area contributed by atoms with Crippen molar-refractivity contribution in [1.82, 2.24) is 25.2 Å². The molecule has 0 amide bonds. The van der Waals surface area contributed by atoms with Crippen LogP contribution in [-0.2, 0) is 4.74 Å². The number of phenolic OH excluding ortho intramolecular Hbond substituents is 1. The van der Waals surface area contributed by atoms with Crippen molar-refractivity contribution in [3.63, 3.8) is 0 Å². The van der Waals surface area contributed by atoms with Crippen molar-refractivity contribution in [3.05, 3.63) is 47.7 Å². The number of methoxy groups -OCH3 is 1. The minimum atomic E-state index is -0.736. The summed E-state index contributed by atoms with van der Waals surface area (Å²) in [6.45, 7) is 8.95. The van der Waals surface area contributed by atoms with E-state index in [1.807, 2.05) is 13.8 Å². The first-order valence-electron chi connectivity index (χ1n) is 16.0. The highest BCUT2D eigenvalue weighted by atomic mass is 19.1. The largest absolute Gasteiger partial charge is 0.508 e. The smallest absolute Gasteiger partial charge is 0.319 e. The third kappa shape index (κ3) is 5.70. The molecule has 5 heterocycles. The van der Waals surface area contributed by atoms with Crippen LogP contribution in [0.5, 0.6) is 11.8 Å². The minimum absolute atomic E-state index is 0.0270. The van der Waals surface area contributed by atoms with E-state index in [2.05, 4.69) is 31.0 Å². The number of nitrogens with one attached hydrogen (secondary N) is 1. The molecule has 2 aromatic carbocycles. The van der Waals surface area contributed by atoms with Crippen LogP contribution in [0.15, 0.2) is 30.5 Å². The van der Waals surface area contributed by atoms with Crippen molar-refractivity contribution in [2.45, 2.75) is 51.1 Å². The molecule has 11 heteroatoms. The van der Waals surface area contributed by atoms with Crippen LogP contribution in [0.2, 0.25) is 0 Å². The van der Waals surface area contributed by atoms with Crippen LogP contribution < -0.4 is 15.0 Å². The van der Waals surface area contributed by atoms with Crippen molar-refractivity contribution in [2.24, 2.45) is 0 Å². The number of hydrogen-bond acceptors (Lipinski definition) is 9. The number of aromatic hydroxyl groups is 1. The SMILES string of the molecule is C#Cc1c(F)ccc2cc(O)cc(-c3ncc4c(N5CCNC(COC)C5)nc(OCC56CCCN5CCC6)nc4c3F)c12.CC. The lowest BCUT2D eigenvalue weighted by atomic mass is 9.95. The maximum Gasteiger partial charge on any atom is 0.319 e. The molecule has 3 aliphatic heterocycles. The lowest BCUT2D eigenvalue weighted by Crippen LogP contribution is -2.53. The number of nitrogens with zero attached hydrogens (tertiary/aromatic N) is 5. The van der Waals surface area contributed by atoms with Gasteiger partial charge in [0.25, 0.3) is 0 Å². The lowest BCUT2D eigenvalue weighted by molar-refractivity contribution is 0.108. The minimum Gasteiger partial charge on any atom is -0.508 e. The first kappa shape index (κ1) is 31.9. The molecule has 3 aliphatic rings. The number of phenols is 1.